The van der Waals surface area contributed by atoms with Crippen molar-refractivity contribution in [3.8, 4) is 0 Å². The van der Waals surface area contributed by atoms with Gasteiger partial charge in [-0.25, -0.2) is 8.42 Å². The standard InChI is InChI=1S/C30H32Cl2F3N3O4S/c1-4-20(2)36-29(40)27(16-21-8-6-5-7-9-21)37(18-22-10-13-24(31)14-11-22)28(39)19-38(43(3,41)42)26-17-23(30(33,34)35)12-15-25(26)32/h5-15,17,20,27H,4,16,18-19H2,1-3H3,(H,36,40)/t20-,27-/m0/s1. The van der Waals surface area contributed by atoms with Crippen LogP contribution in [0.4, 0.5) is 18.9 Å². The summed E-state index contributed by atoms with van der Waals surface area (Å²) >= 11 is 12.2. The molecule has 0 aromatic heterocycles. The van der Waals surface area contributed by atoms with Crippen molar-refractivity contribution in [1.29, 1.82) is 0 Å². The van der Waals surface area contributed by atoms with E-state index in [1.807, 2.05) is 13.8 Å². The highest BCUT2D eigenvalue weighted by molar-refractivity contribution is 7.92. The molecule has 13 heteroatoms. The monoisotopic (exact) mass is 657 g/mol. The van der Waals surface area contributed by atoms with Gasteiger partial charge in [0.25, 0.3) is 0 Å². The normalized spacial score (nSPS) is 13.2. The van der Waals surface area contributed by atoms with Crippen LogP contribution in [0.5, 0.6) is 0 Å². The Hall–Kier alpha value is -3.28. The number of carbonyl (C=O) groups is 2. The molecule has 0 radical (unpaired) electrons. The quantitative estimate of drug-likeness (QED) is 0.247. The van der Waals surface area contributed by atoms with Crippen molar-refractivity contribution in [2.45, 2.75) is 51.5 Å². The van der Waals surface area contributed by atoms with Gasteiger partial charge in [-0.05, 0) is 54.8 Å². The summed E-state index contributed by atoms with van der Waals surface area (Å²) in [7, 11) is -4.32. The van der Waals surface area contributed by atoms with E-state index in [9.17, 15) is 31.2 Å². The molecule has 0 aliphatic rings. The summed E-state index contributed by atoms with van der Waals surface area (Å²) in [6.45, 7) is 2.67. The van der Waals surface area contributed by atoms with Crippen LogP contribution in [0.25, 0.3) is 0 Å². The summed E-state index contributed by atoms with van der Waals surface area (Å²) in [5, 5.41) is 3.04. The molecule has 3 aromatic rings. The van der Waals surface area contributed by atoms with Crippen molar-refractivity contribution in [1.82, 2.24) is 10.2 Å². The maximum atomic E-state index is 14.1. The molecule has 3 rings (SSSR count). The zero-order chi connectivity index (χ0) is 31.9. The fourth-order valence-electron chi connectivity index (χ4n) is 4.26. The average molecular weight is 659 g/mol. The van der Waals surface area contributed by atoms with Gasteiger partial charge in [0, 0.05) is 24.0 Å². The van der Waals surface area contributed by atoms with E-state index < -0.39 is 51.9 Å². The minimum Gasteiger partial charge on any atom is -0.352 e. The van der Waals surface area contributed by atoms with E-state index >= 15 is 0 Å². The molecule has 0 bridgehead atoms. The Labute approximate surface area is 259 Å². The number of nitrogens with zero attached hydrogens (tertiary/aromatic N) is 2. The van der Waals surface area contributed by atoms with E-state index in [-0.39, 0.29) is 24.0 Å². The third-order valence-corrected chi connectivity index (χ3v) is 8.46. The molecule has 7 nitrogen and oxygen atoms in total. The number of anilines is 1. The Balaban J connectivity index is 2.11. The summed E-state index contributed by atoms with van der Waals surface area (Å²) in [6, 6.07) is 16.4. The number of hydrogen-bond donors (Lipinski definition) is 1. The molecular formula is C30H32Cl2F3N3O4S. The lowest BCUT2D eigenvalue weighted by Gasteiger charge is -2.34. The van der Waals surface area contributed by atoms with Gasteiger partial charge in [0.1, 0.15) is 12.6 Å². The van der Waals surface area contributed by atoms with Crippen LogP contribution in [0, 0.1) is 0 Å². The third kappa shape index (κ3) is 9.61. The zero-order valence-electron chi connectivity index (χ0n) is 23.7. The Kier molecular flexibility index (Phi) is 11.5. The van der Waals surface area contributed by atoms with Crippen LogP contribution in [0.2, 0.25) is 10.0 Å². The molecule has 0 aliphatic heterocycles. The van der Waals surface area contributed by atoms with Crippen molar-refractivity contribution >= 4 is 50.7 Å². The lowest BCUT2D eigenvalue weighted by molar-refractivity contribution is -0.140. The summed E-state index contributed by atoms with van der Waals surface area (Å²) in [6.07, 6.45) is -3.32. The SMILES string of the molecule is CC[C@H](C)NC(=O)[C@H](Cc1ccccc1)N(Cc1ccc(Cl)cc1)C(=O)CN(c1cc(C(F)(F)F)ccc1Cl)S(C)(=O)=O. The number of hydrogen-bond acceptors (Lipinski definition) is 4. The van der Waals surface area contributed by atoms with Crippen LogP contribution in [0.1, 0.15) is 37.0 Å². The van der Waals surface area contributed by atoms with E-state index in [1.54, 1.807) is 54.6 Å². The fraction of sp³-hybridized carbons (Fsp3) is 0.333. The molecule has 3 aromatic carbocycles. The first-order valence-corrected chi connectivity index (χ1v) is 15.9. The fourth-order valence-corrected chi connectivity index (χ4v) is 5.51. The maximum Gasteiger partial charge on any atom is 0.416 e. The lowest BCUT2D eigenvalue weighted by atomic mass is 10.0. The van der Waals surface area contributed by atoms with Gasteiger partial charge in [-0.15, -0.1) is 0 Å². The van der Waals surface area contributed by atoms with Crippen LogP contribution in [0.15, 0.2) is 72.8 Å². The van der Waals surface area contributed by atoms with Crippen LogP contribution in [-0.4, -0.2) is 50.0 Å². The van der Waals surface area contributed by atoms with Gasteiger partial charge in [0.2, 0.25) is 21.8 Å². The number of halogens is 5. The molecule has 43 heavy (non-hydrogen) atoms. The molecular weight excluding hydrogens is 626 g/mol. The highest BCUT2D eigenvalue weighted by Gasteiger charge is 2.36. The number of sulfonamides is 1. The molecule has 0 unspecified atom stereocenters. The Morgan fingerprint density at radius 1 is 0.953 bits per heavy atom. The first-order valence-electron chi connectivity index (χ1n) is 13.3. The Morgan fingerprint density at radius 3 is 2.14 bits per heavy atom. The number of benzene rings is 3. The number of carbonyl (C=O) groups excluding carboxylic acids is 2. The van der Waals surface area contributed by atoms with E-state index in [0.29, 0.717) is 27.4 Å². The lowest BCUT2D eigenvalue weighted by Crippen LogP contribution is -2.54. The zero-order valence-corrected chi connectivity index (χ0v) is 26.1. The summed E-state index contributed by atoms with van der Waals surface area (Å²) < 4.78 is 66.9. The van der Waals surface area contributed by atoms with E-state index in [0.717, 1.165) is 24.0 Å². The van der Waals surface area contributed by atoms with Gasteiger partial charge in [-0.1, -0.05) is 72.6 Å². The Bertz CT molecular complexity index is 1520. The van der Waals surface area contributed by atoms with Crippen molar-refractivity contribution in [2.75, 3.05) is 17.1 Å². The number of alkyl halides is 3. The van der Waals surface area contributed by atoms with Crippen LogP contribution in [-0.2, 0) is 38.8 Å². The smallest absolute Gasteiger partial charge is 0.352 e. The predicted molar refractivity (Wildman–Crippen MR) is 162 cm³/mol. The van der Waals surface area contributed by atoms with Gasteiger partial charge in [0.15, 0.2) is 0 Å². The van der Waals surface area contributed by atoms with Gasteiger partial charge >= 0.3 is 6.18 Å². The van der Waals surface area contributed by atoms with Crippen molar-refractivity contribution in [3.05, 3.63) is 99.5 Å². The summed E-state index contributed by atoms with van der Waals surface area (Å²) in [4.78, 5) is 29.0. The molecule has 2 amide bonds. The summed E-state index contributed by atoms with van der Waals surface area (Å²) in [5.41, 5.74) is -0.319. The first kappa shape index (κ1) is 34.2. The molecule has 0 heterocycles. The van der Waals surface area contributed by atoms with E-state index in [2.05, 4.69) is 5.32 Å². The molecule has 0 saturated carbocycles. The topological polar surface area (TPSA) is 86.8 Å². The molecule has 2 atom stereocenters. The minimum atomic E-state index is -4.79. The van der Waals surface area contributed by atoms with Crippen LogP contribution < -0.4 is 9.62 Å². The molecule has 0 aliphatic carbocycles. The predicted octanol–water partition coefficient (Wildman–Crippen LogP) is 6.33. The third-order valence-electron chi connectivity index (χ3n) is 6.76. The molecule has 0 saturated heterocycles. The van der Waals surface area contributed by atoms with Crippen molar-refractivity contribution < 1.29 is 31.2 Å². The molecule has 0 spiro atoms. The second kappa shape index (κ2) is 14.5. The highest BCUT2D eigenvalue weighted by Crippen LogP contribution is 2.36. The molecule has 232 valence electrons. The van der Waals surface area contributed by atoms with Gasteiger partial charge in [0.05, 0.1) is 22.5 Å². The first-order chi connectivity index (χ1) is 20.1. The second-order valence-electron chi connectivity index (χ2n) is 10.1. The average Bonchev–Trinajstić information content (AvgIpc) is 2.94. The van der Waals surface area contributed by atoms with Crippen LogP contribution >= 0.6 is 23.2 Å². The molecule has 1 N–H and O–H groups in total. The van der Waals surface area contributed by atoms with Gasteiger partial charge in [-0.3, -0.25) is 13.9 Å². The Morgan fingerprint density at radius 2 is 1.58 bits per heavy atom. The van der Waals surface area contributed by atoms with E-state index in [4.69, 9.17) is 23.2 Å². The number of amides is 2. The highest BCUT2D eigenvalue weighted by atomic mass is 35.5. The second-order valence-corrected chi connectivity index (χ2v) is 12.9. The largest absolute Gasteiger partial charge is 0.416 e. The van der Waals surface area contributed by atoms with Crippen LogP contribution in [0.3, 0.4) is 0 Å². The van der Waals surface area contributed by atoms with E-state index in [1.165, 1.54) is 4.90 Å². The summed E-state index contributed by atoms with van der Waals surface area (Å²) in [5.74, 6) is -1.29. The number of nitrogens with one attached hydrogen (secondary N) is 1. The molecule has 0 fully saturated rings. The number of rotatable bonds is 12. The minimum absolute atomic E-state index is 0.0889. The van der Waals surface area contributed by atoms with Crippen molar-refractivity contribution in [3.63, 3.8) is 0 Å². The maximum absolute atomic E-state index is 14.1. The van der Waals surface area contributed by atoms with Gasteiger partial charge in [-0.2, -0.15) is 13.2 Å². The van der Waals surface area contributed by atoms with Crippen molar-refractivity contribution in [2.24, 2.45) is 0 Å². The van der Waals surface area contributed by atoms with Gasteiger partial charge < -0.3 is 10.2 Å².